The molecule has 0 aliphatic heterocycles. The summed E-state index contributed by atoms with van der Waals surface area (Å²) in [7, 11) is 4.73. The Labute approximate surface area is 157 Å². The van der Waals surface area contributed by atoms with Crippen molar-refractivity contribution in [3.8, 4) is 17.6 Å². The fourth-order valence-electron chi connectivity index (χ4n) is 2.60. The number of carbonyl (C=O) groups excluding carboxylic acids is 1. The summed E-state index contributed by atoms with van der Waals surface area (Å²) in [6.45, 7) is 3.45. The van der Waals surface area contributed by atoms with Gasteiger partial charge >= 0.3 is 0 Å². The van der Waals surface area contributed by atoms with Gasteiger partial charge in [0.2, 0.25) is 5.91 Å². The molecule has 0 saturated carbocycles. The lowest BCUT2D eigenvalue weighted by Crippen LogP contribution is -2.36. The third-order valence-corrected chi connectivity index (χ3v) is 4.33. The Morgan fingerprint density at radius 3 is 2.52 bits per heavy atom. The molecule has 8 heteroatoms. The third-order valence-electron chi connectivity index (χ3n) is 4.33. The van der Waals surface area contributed by atoms with Crippen LogP contribution < -0.4 is 15.0 Å². The molecular formula is C19H22N4O4. The van der Waals surface area contributed by atoms with E-state index >= 15 is 0 Å². The smallest absolute Gasteiger partial charge is 0.285 e. The maximum absolute atomic E-state index is 12.5. The van der Waals surface area contributed by atoms with Gasteiger partial charge in [-0.25, -0.2) is 4.68 Å². The minimum absolute atomic E-state index is 0.0119. The minimum atomic E-state index is -0.562. The van der Waals surface area contributed by atoms with Crippen molar-refractivity contribution < 1.29 is 14.3 Å². The number of aryl methyl sites for hydroxylation is 1. The van der Waals surface area contributed by atoms with Crippen molar-refractivity contribution in [1.82, 2.24) is 14.7 Å². The summed E-state index contributed by atoms with van der Waals surface area (Å²) in [4.78, 5) is 26.3. The molecule has 1 heterocycles. The van der Waals surface area contributed by atoms with Gasteiger partial charge in [-0.2, -0.15) is 10.4 Å². The lowest BCUT2D eigenvalue weighted by molar-refractivity contribution is -0.131. The molecule has 1 aromatic carbocycles. The van der Waals surface area contributed by atoms with Crippen molar-refractivity contribution in [2.45, 2.75) is 26.9 Å². The van der Waals surface area contributed by atoms with E-state index in [2.05, 4.69) is 5.10 Å². The monoisotopic (exact) mass is 370 g/mol. The molecule has 0 fully saturated rings. The zero-order chi connectivity index (χ0) is 20.1. The van der Waals surface area contributed by atoms with Gasteiger partial charge in [0.15, 0.2) is 11.5 Å². The maximum atomic E-state index is 12.5. The Morgan fingerprint density at radius 1 is 1.26 bits per heavy atom. The Balaban J connectivity index is 2.19. The molecule has 142 valence electrons. The highest BCUT2D eigenvalue weighted by Crippen LogP contribution is 2.27. The average Bonchev–Trinajstić information content (AvgIpc) is 2.66. The molecule has 0 spiro atoms. The highest BCUT2D eigenvalue weighted by Gasteiger charge is 2.17. The number of hydrogen-bond donors (Lipinski definition) is 0. The number of nitriles is 1. The summed E-state index contributed by atoms with van der Waals surface area (Å²) in [6.07, 6.45) is 0. The van der Waals surface area contributed by atoms with Crippen LogP contribution in [0.4, 0.5) is 0 Å². The van der Waals surface area contributed by atoms with Gasteiger partial charge in [0.05, 0.1) is 19.9 Å². The summed E-state index contributed by atoms with van der Waals surface area (Å²) in [5.41, 5.74) is 1.37. The largest absolute Gasteiger partial charge is 0.493 e. The summed E-state index contributed by atoms with van der Waals surface area (Å²) in [5.74, 6) is 0.873. The minimum Gasteiger partial charge on any atom is -0.493 e. The number of methoxy groups -OCH3 is 2. The average molecular weight is 370 g/mol. The van der Waals surface area contributed by atoms with Crippen LogP contribution in [0.1, 0.15) is 22.4 Å². The Kier molecular flexibility index (Phi) is 6.19. The quantitative estimate of drug-likeness (QED) is 0.763. The van der Waals surface area contributed by atoms with Gasteiger partial charge in [0, 0.05) is 13.6 Å². The molecule has 0 atom stereocenters. The lowest BCUT2D eigenvalue weighted by atomic mass is 10.1. The fourth-order valence-corrected chi connectivity index (χ4v) is 2.60. The summed E-state index contributed by atoms with van der Waals surface area (Å²) in [6, 6.07) is 7.27. The van der Waals surface area contributed by atoms with Crippen molar-refractivity contribution >= 4 is 5.91 Å². The number of rotatable bonds is 6. The second-order valence-corrected chi connectivity index (χ2v) is 6.10. The van der Waals surface area contributed by atoms with Crippen molar-refractivity contribution in [2.24, 2.45) is 0 Å². The summed E-state index contributed by atoms with van der Waals surface area (Å²) in [5, 5.41) is 13.3. The highest BCUT2D eigenvalue weighted by molar-refractivity contribution is 5.75. The molecule has 0 aliphatic rings. The number of carbonyl (C=O) groups is 1. The third kappa shape index (κ3) is 4.26. The Bertz CT molecular complexity index is 959. The summed E-state index contributed by atoms with van der Waals surface area (Å²) < 4.78 is 11.5. The van der Waals surface area contributed by atoms with Crippen LogP contribution >= 0.6 is 0 Å². The number of likely N-dealkylation sites (N-methyl/N-ethyl adjacent to an activating group) is 1. The predicted molar refractivity (Wildman–Crippen MR) is 98.7 cm³/mol. The zero-order valence-corrected chi connectivity index (χ0v) is 16.1. The number of hydrogen-bond acceptors (Lipinski definition) is 6. The summed E-state index contributed by atoms with van der Waals surface area (Å²) >= 11 is 0. The Hall–Kier alpha value is -3.34. The molecule has 1 aromatic heterocycles. The zero-order valence-electron chi connectivity index (χ0n) is 16.1. The van der Waals surface area contributed by atoms with Crippen molar-refractivity contribution in [2.75, 3.05) is 21.3 Å². The first-order valence-corrected chi connectivity index (χ1v) is 8.25. The first-order chi connectivity index (χ1) is 12.8. The van der Waals surface area contributed by atoms with Crippen molar-refractivity contribution in [3.05, 3.63) is 50.9 Å². The van der Waals surface area contributed by atoms with Crippen LogP contribution in [-0.2, 0) is 17.9 Å². The fraction of sp³-hybridized carbons (Fsp3) is 0.368. The van der Waals surface area contributed by atoms with E-state index in [0.717, 1.165) is 10.2 Å². The van der Waals surface area contributed by atoms with Gasteiger partial charge in [-0.1, -0.05) is 6.07 Å². The number of nitrogens with zero attached hydrogens (tertiary/aromatic N) is 4. The molecule has 0 aliphatic carbocycles. The lowest BCUT2D eigenvalue weighted by Gasteiger charge is -2.19. The van der Waals surface area contributed by atoms with E-state index in [9.17, 15) is 9.59 Å². The maximum Gasteiger partial charge on any atom is 0.285 e. The first kappa shape index (κ1) is 20.0. The number of ether oxygens (including phenoxy) is 2. The van der Waals surface area contributed by atoms with Gasteiger partial charge in [0.1, 0.15) is 18.2 Å². The number of aromatic nitrogens is 2. The SMILES string of the molecule is COc1ccc(CN(C)C(=O)Cn2nc(C)c(C)c(C#N)c2=O)cc1OC. The molecule has 8 nitrogen and oxygen atoms in total. The van der Waals surface area contributed by atoms with Crippen LogP contribution in [0.3, 0.4) is 0 Å². The van der Waals surface area contributed by atoms with Crippen LogP contribution in [-0.4, -0.2) is 41.9 Å². The van der Waals surface area contributed by atoms with E-state index in [1.807, 2.05) is 12.1 Å². The second-order valence-electron chi connectivity index (χ2n) is 6.10. The van der Waals surface area contributed by atoms with E-state index in [0.29, 0.717) is 29.3 Å². The molecule has 0 bridgehead atoms. The van der Waals surface area contributed by atoms with Gasteiger partial charge in [-0.15, -0.1) is 0 Å². The normalized spacial score (nSPS) is 10.2. The van der Waals surface area contributed by atoms with Crippen LogP contribution in [0.2, 0.25) is 0 Å². The number of amides is 1. The molecular weight excluding hydrogens is 348 g/mol. The van der Waals surface area contributed by atoms with Gasteiger partial charge in [0.25, 0.3) is 5.56 Å². The standard InChI is InChI=1S/C19H22N4O4/c1-12-13(2)21-23(19(25)15(12)9-20)11-18(24)22(3)10-14-6-7-16(26-4)17(8-14)27-5/h6-8H,10-11H2,1-5H3. The highest BCUT2D eigenvalue weighted by atomic mass is 16.5. The molecule has 27 heavy (non-hydrogen) atoms. The number of benzene rings is 1. The topological polar surface area (TPSA) is 97.5 Å². The van der Waals surface area contributed by atoms with Crippen LogP contribution in [0.25, 0.3) is 0 Å². The van der Waals surface area contributed by atoms with Crippen molar-refractivity contribution in [3.63, 3.8) is 0 Å². The van der Waals surface area contributed by atoms with E-state index in [4.69, 9.17) is 14.7 Å². The van der Waals surface area contributed by atoms with E-state index in [-0.39, 0.29) is 18.0 Å². The molecule has 1 amide bonds. The molecule has 0 saturated heterocycles. The van der Waals surface area contributed by atoms with Gasteiger partial charge < -0.3 is 14.4 Å². The Morgan fingerprint density at radius 2 is 1.93 bits per heavy atom. The first-order valence-electron chi connectivity index (χ1n) is 8.25. The second kappa shape index (κ2) is 8.36. The van der Waals surface area contributed by atoms with Gasteiger partial charge in [-0.3, -0.25) is 9.59 Å². The van der Waals surface area contributed by atoms with E-state index in [1.165, 1.54) is 4.90 Å². The van der Waals surface area contributed by atoms with Gasteiger partial charge in [-0.05, 0) is 37.1 Å². The van der Waals surface area contributed by atoms with Crippen molar-refractivity contribution in [1.29, 1.82) is 5.26 Å². The molecule has 0 radical (unpaired) electrons. The van der Waals surface area contributed by atoms with E-state index in [1.54, 1.807) is 47.2 Å². The van der Waals surface area contributed by atoms with Crippen LogP contribution in [0.5, 0.6) is 11.5 Å². The molecule has 0 N–H and O–H groups in total. The van der Waals surface area contributed by atoms with E-state index < -0.39 is 5.56 Å². The van der Waals surface area contributed by atoms with Crippen LogP contribution in [0, 0.1) is 25.2 Å². The predicted octanol–water partition coefficient (Wildman–Crippen LogP) is 1.41. The molecule has 0 unspecified atom stereocenters. The molecule has 2 rings (SSSR count). The molecule has 2 aromatic rings. The van der Waals surface area contributed by atoms with Crippen LogP contribution in [0.15, 0.2) is 23.0 Å².